The first-order valence-electron chi connectivity index (χ1n) is 9.34. The second-order valence-electron chi connectivity index (χ2n) is 7.04. The van der Waals surface area contributed by atoms with Gasteiger partial charge in [0, 0.05) is 28.6 Å². The number of benzene rings is 2. The smallest absolute Gasteiger partial charge is 0.256 e. The number of amides is 1. The Bertz CT molecular complexity index is 1210. The molecule has 1 amide bonds. The molecular weight excluding hydrogens is 454 g/mol. The second kappa shape index (κ2) is 7.85. The fraction of sp³-hybridized carbons (Fsp3) is 0.238. The Morgan fingerprint density at radius 3 is 2.62 bits per heavy atom. The molecule has 0 radical (unpaired) electrons. The zero-order valence-corrected chi connectivity index (χ0v) is 18.3. The second-order valence-corrected chi connectivity index (χ2v) is 9.83. The Balaban J connectivity index is 1.69. The van der Waals surface area contributed by atoms with E-state index in [1.165, 1.54) is 16.4 Å². The fourth-order valence-corrected chi connectivity index (χ4v) is 5.42. The van der Waals surface area contributed by atoms with E-state index < -0.39 is 15.9 Å². The van der Waals surface area contributed by atoms with Gasteiger partial charge < -0.3 is 5.32 Å². The Morgan fingerprint density at radius 1 is 1.10 bits per heavy atom. The van der Waals surface area contributed by atoms with Crippen LogP contribution in [0.5, 0.6) is 0 Å². The van der Waals surface area contributed by atoms with E-state index >= 15 is 0 Å². The maximum Gasteiger partial charge on any atom is 0.256 e. The van der Waals surface area contributed by atoms with Gasteiger partial charge in [0.05, 0.1) is 21.7 Å². The van der Waals surface area contributed by atoms with Crippen molar-refractivity contribution in [1.82, 2.24) is 9.29 Å². The molecule has 0 unspecified atom stereocenters. The van der Waals surface area contributed by atoms with Crippen LogP contribution in [0.4, 0.5) is 5.69 Å². The standard InChI is InChI=1S/C21H20BrN3O3S/c1-14-7-8-15-5-4-6-19(20(15)23-14)24-21(26)17-13-16(9-10-18(17)22)29(27,28)25-11-2-3-12-25/h4-10,13H,2-3,11-12H2,1H3,(H,24,26). The quantitative estimate of drug-likeness (QED) is 0.610. The van der Waals surface area contributed by atoms with Gasteiger partial charge in [-0.05, 0) is 66.0 Å². The predicted octanol–water partition coefficient (Wildman–Crippen LogP) is 4.34. The van der Waals surface area contributed by atoms with E-state index in [0.29, 0.717) is 28.8 Å². The van der Waals surface area contributed by atoms with Crippen molar-refractivity contribution in [3.8, 4) is 0 Å². The number of carbonyl (C=O) groups excluding carboxylic acids is 1. The van der Waals surface area contributed by atoms with Crippen molar-refractivity contribution in [2.24, 2.45) is 0 Å². The van der Waals surface area contributed by atoms with Crippen molar-refractivity contribution in [3.05, 3.63) is 64.3 Å². The SMILES string of the molecule is Cc1ccc2cccc(NC(=O)c3cc(S(=O)(=O)N4CCCC4)ccc3Br)c2n1. The van der Waals surface area contributed by atoms with Gasteiger partial charge in [0.25, 0.3) is 5.91 Å². The molecule has 1 saturated heterocycles. The summed E-state index contributed by atoms with van der Waals surface area (Å²) in [6, 6.07) is 14.0. The molecular formula is C21H20BrN3O3S. The van der Waals surface area contributed by atoms with E-state index in [1.807, 2.05) is 31.2 Å². The summed E-state index contributed by atoms with van der Waals surface area (Å²) in [7, 11) is -3.60. The van der Waals surface area contributed by atoms with Crippen LogP contribution >= 0.6 is 15.9 Å². The molecule has 0 aliphatic carbocycles. The van der Waals surface area contributed by atoms with E-state index in [2.05, 4.69) is 26.2 Å². The third-order valence-electron chi connectivity index (χ3n) is 4.99. The van der Waals surface area contributed by atoms with E-state index in [9.17, 15) is 13.2 Å². The number of hydrogen-bond donors (Lipinski definition) is 1. The van der Waals surface area contributed by atoms with Crippen LogP contribution in [0.15, 0.2) is 57.9 Å². The molecule has 4 rings (SSSR count). The van der Waals surface area contributed by atoms with Crippen molar-refractivity contribution in [1.29, 1.82) is 0 Å². The minimum Gasteiger partial charge on any atom is -0.320 e. The number of para-hydroxylation sites is 1. The summed E-state index contributed by atoms with van der Waals surface area (Å²) >= 11 is 3.37. The highest BCUT2D eigenvalue weighted by Crippen LogP contribution is 2.27. The van der Waals surface area contributed by atoms with Crippen LogP contribution in [0.2, 0.25) is 0 Å². The van der Waals surface area contributed by atoms with Crippen molar-refractivity contribution in [3.63, 3.8) is 0 Å². The van der Waals surface area contributed by atoms with Crippen LogP contribution < -0.4 is 5.32 Å². The monoisotopic (exact) mass is 473 g/mol. The number of aryl methyl sites for hydroxylation is 1. The molecule has 0 saturated carbocycles. The lowest BCUT2D eigenvalue weighted by molar-refractivity contribution is 0.102. The zero-order valence-electron chi connectivity index (χ0n) is 15.9. The van der Waals surface area contributed by atoms with Gasteiger partial charge in [-0.2, -0.15) is 4.31 Å². The minimum absolute atomic E-state index is 0.125. The van der Waals surface area contributed by atoms with Gasteiger partial charge in [-0.3, -0.25) is 9.78 Å². The number of hydrogen-bond acceptors (Lipinski definition) is 4. The Morgan fingerprint density at radius 2 is 1.86 bits per heavy atom. The largest absolute Gasteiger partial charge is 0.320 e. The molecule has 2 heterocycles. The average Bonchev–Trinajstić information content (AvgIpc) is 3.24. The van der Waals surface area contributed by atoms with Crippen molar-refractivity contribution in [2.45, 2.75) is 24.7 Å². The Kier molecular flexibility index (Phi) is 5.42. The first kappa shape index (κ1) is 20.0. The lowest BCUT2D eigenvalue weighted by atomic mass is 10.1. The molecule has 29 heavy (non-hydrogen) atoms. The number of carbonyl (C=O) groups is 1. The van der Waals surface area contributed by atoms with E-state index in [0.717, 1.165) is 23.9 Å². The summed E-state index contributed by atoms with van der Waals surface area (Å²) in [6.45, 7) is 2.92. The number of fused-ring (bicyclic) bond motifs is 1. The molecule has 1 aliphatic heterocycles. The molecule has 8 heteroatoms. The molecule has 0 bridgehead atoms. The normalized spacial score (nSPS) is 15.0. The first-order valence-corrected chi connectivity index (χ1v) is 11.6. The van der Waals surface area contributed by atoms with E-state index in [-0.39, 0.29) is 10.5 Å². The molecule has 1 N–H and O–H groups in total. The van der Waals surface area contributed by atoms with Crippen molar-refractivity contribution < 1.29 is 13.2 Å². The van der Waals surface area contributed by atoms with Crippen LogP contribution in [0.1, 0.15) is 28.9 Å². The molecule has 0 spiro atoms. The Labute approximate surface area is 178 Å². The summed E-state index contributed by atoms with van der Waals surface area (Å²) in [5.41, 5.74) is 2.38. The van der Waals surface area contributed by atoms with Crippen LogP contribution in [0.3, 0.4) is 0 Å². The maximum atomic E-state index is 13.0. The molecule has 150 valence electrons. The molecule has 1 aromatic heterocycles. The molecule has 3 aromatic rings. The predicted molar refractivity (Wildman–Crippen MR) is 117 cm³/mol. The summed E-state index contributed by atoms with van der Waals surface area (Å²) in [5, 5.41) is 3.79. The molecule has 1 fully saturated rings. The minimum atomic E-state index is -3.60. The number of pyridine rings is 1. The van der Waals surface area contributed by atoms with Gasteiger partial charge in [0.15, 0.2) is 0 Å². The number of rotatable bonds is 4. The highest BCUT2D eigenvalue weighted by Gasteiger charge is 2.28. The van der Waals surface area contributed by atoms with Gasteiger partial charge >= 0.3 is 0 Å². The zero-order chi connectivity index (χ0) is 20.6. The number of anilines is 1. The van der Waals surface area contributed by atoms with Gasteiger partial charge in [-0.15, -0.1) is 0 Å². The van der Waals surface area contributed by atoms with E-state index in [4.69, 9.17) is 0 Å². The maximum absolute atomic E-state index is 13.0. The lowest BCUT2D eigenvalue weighted by Crippen LogP contribution is -2.28. The van der Waals surface area contributed by atoms with Gasteiger partial charge in [0.1, 0.15) is 0 Å². The molecule has 2 aromatic carbocycles. The molecule has 0 atom stereocenters. The van der Waals surface area contributed by atoms with Crippen LogP contribution in [0, 0.1) is 6.92 Å². The number of sulfonamides is 1. The van der Waals surface area contributed by atoms with Gasteiger partial charge in [0.2, 0.25) is 10.0 Å². The van der Waals surface area contributed by atoms with Gasteiger partial charge in [-0.1, -0.05) is 18.2 Å². The fourth-order valence-electron chi connectivity index (χ4n) is 3.45. The topological polar surface area (TPSA) is 79.4 Å². The first-order chi connectivity index (χ1) is 13.9. The van der Waals surface area contributed by atoms with Crippen molar-refractivity contribution in [2.75, 3.05) is 18.4 Å². The third kappa shape index (κ3) is 3.92. The number of halogens is 1. The van der Waals surface area contributed by atoms with Gasteiger partial charge in [-0.25, -0.2) is 8.42 Å². The summed E-state index contributed by atoms with van der Waals surface area (Å²) in [4.78, 5) is 17.6. The highest BCUT2D eigenvalue weighted by molar-refractivity contribution is 9.10. The average molecular weight is 474 g/mol. The van der Waals surface area contributed by atoms with Crippen LogP contribution in [0.25, 0.3) is 10.9 Å². The molecule has 6 nitrogen and oxygen atoms in total. The lowest BCUT2D eigenvalue weighted by Gasteiger charge is -2.16. The number of nitrogens with zero attached hydrogens (tertiary/aromatic N) is 2. The number of aromatic nitrogens is 1. The summed E-state index contributed by atoms with van der Waals surface area (Å²) < 4.78 is 27.7. The highest BCUT2D eigenvalue weighted by atomic mass is 79.9. The van der Waals surface area contributed by atoms with E-state index in [1.54, 1.807) is 12.1 Å². The summed E-state index contributed by atoms with van der Waals surface area (Å²) in [5.74, 6) is -0.397. The van der Waals surface area contributed by atoms with Crippen LogP contribution in [-0.4, -0.2) is 36.7 Å². The Hall–Kier alpha value is -2.29. The number of nitrogens with one attached hydrogen (secondary N) is 1. The molecule has 1 aliphatic rings. The van der Waals surface area contributed by atoms with Crippen molar-refractivity contribution >= 4 is 48.5 Å². The third-order valence-corrected chi connectivity index (χ3v) is 7.58. The summed E-state index contributed by atoms with van der Waals surface area (Å²) in [6.07, 6.45) is 1.72. The van der Waals surface area contributed by atoms with Crippen LogP contribution in [-0.2, 0) is 10.0 Å².